The second-order valence-electron chi connectivity index (χ2n) is 10.3. The topological polar surface area (TPSA) is 80.3 Å². The number of hydrogen-bond donors (Lipinski definition) is 0. The number of imidazole rings is 1. The van der Waals surface area contributed by atoms with Crippen LogP contribution < -0.4 is 0 Å². The van der Waals surface area contributed by atoms with Crippen LogP contribution in [0, 0.1) is 29.0 Å². The first-order valence-corrected chi connectivity index (χ1v) is 12.9. The van der Waals surface area contributed by atoms with Crippen molar-refractivity contribution in [3.8, 4) is 17.3 Å². The largest absolute Gasteiger partial charge is 0.324 e. The predicted octanol–water partition coefficient (Wildman–Crippen LogP) is 6.46. The molecule has 6 nitrogen and oxygen atoms in total. The maximum absolute atomic E-state index is 15.1. The fourth-order valence-electron chi connectivity index (χ4n) is 5.73. The SMILES string of the molecule is CC1CCC(Cn2c(C3(c4ccccc4F)CC3)nc3nc(C#N)nc(-c4cncc(Cl)c4)c32)CC1. The van der Waals surface area contributed by atoms with Gasteiger partial charge in [-0.1, -0.05) is 49.6 Å². The highest BCUT2D eigenvalue weighted by Crippen LogP contribution is 2.54. The van der Waals surface area contributed by atoms with Crippen molar-refractivity contribution in [2.45, 2.75) is 57.4 Å². The molecule has 0 N–H and O–H groups in total. The average Bonchev–Trinajstić information content (AvgIpc) is 3.61. The molecule has 182 valence electrons. The average molecular weight is 501 g/mol. The molecule has 2 aliphatic rings. The number of nitriles is 1. The standard InChI is InChI=1S/C28H26ClFN6/c1-17-6-8-18(9-7-17)16-36-25-24(19-12-20(29)15-32-14-19)33-23(13-31)34-26(25)35-27(36)28(10-11-28)21-4-2-3-5-22(21)30/h2-5,12,14-15,17-18H,6-11,16H2,1H3. The van der Waals surface area contributed by atoms with Crippen LogP contribution in [-0.2, 0) is 12.0 Å². The van der Waals surface area contributed by atoms with E-state index in [9.17, 15) is 5.26 Å². The predicted molar refractivity (Wildman–Crippen MR) is 136 cm³/mol. The molecule has 1 aromatic carbocycles. The van der Waals surface area contributed by atoms with E-state index in [0.29, 0.717) is 33.4 Å². The molecule has 0 amide bonds. The minimum atomic E-state index is -0.509. The maximum Gasteiger partial charge on any atom is 0.234 e. The molecule has 3 heterocycles. The lowest BCUT2D eigenvalue weighted by Crippen LogP contribution is -2.23. The van der Waals surface area contributed by atoms with E-state index in [2.05, 4.69) is 32.5 Å². The van der Waals surface area contributed by atoms with Crippen LogP contribution in [0.2, 0.25) is 5.02 Å². The van der Waals surface area contributed by atoms with Gasteiger partial charge in [0.2, 0.25) is 5.82 Å². The lowest BCUT2D eigenvalue weighted by Gasteiger charge is -2.28. The molecule has 0 aliphatic heterocycles. The molecule has 0 radical (unpaired) electrons. The summed E-state index contributed by atoms with van der Waals surface area (Å²) in [6, 6.07) is 10.8. The van der Waals surface area contributed by atoms with Crippen molar-refractivity contribution in [1.82, 2.24) is 24.5 Å². The summed E-state index contributed by atoms with van der Waals surface area (Å²) >= 11 is 6.28. The van der Waals surface area contributed by atoms with Gasteiger partial charge in [0.05, 0.1) is 10.4 Å². The molecule has 0 atom stereocenters. The van der Waals surface area contributed by atoms with Crippen molar-refractivity contribution in [1.29, 1.82) is 5.26 Å². The van der Waals surface area contributed by atoms with E-state index in [1.807, 2.05) is 12.1 Å². The Balaban J connectivity index is 1.60. The normalized spacial score (nSPS) is 20.8. The van der Waals surface area contributed by atoms with Crippen molar-refractivity contribution < 1.29 is 4.39 Å². The van der Waals surface area contributed by atoms with Gasteiger partial charge in [-0.2, -0.15) is 10.2 Å². The van der Waals surface area contributed by atoms with Crippen molar-refractivity contribution in [2.75, 3.05) is 0 Å². The molecule has 8 heteroatoms. The second-order valence-corrected chi connectivity index (χ2v) is 10.7. The van der Waals surface area contributed by atoms with E-state index in [1.54, 1.807) is 24.5 Å². The molecule has 0 saturated heterocycles. The molecule has 3 aromatic heterocycles. The Morgan fingerprint density at radius 2 is 1.89 bits per heavy atom. The molecule has 2 aliphatic carbocycles. The fraction of sp³-hybridized carbons (Fsp3) is 0.393. The minimum Gasteiger partial charge on any atom is -0.324 e. The quantitative estimate of drug-likeness (QED) is 0.314. The number of aromatic nitrogens is 5. The van der Waals surface area contributed by atoms with Gasteiger partial charge in [0.25, 0.3) is 0 Å². The molecule has 6 rings (SSSR count). The number of benzene rings is 1. The fourth-order valence-corrected chi connectivity index (χ4v) is 5.90. The van der Waals surface area contributed by atoms with Crippen LogP contribution >= 0.6 is 11.6 Å². The van der Waals surface area contributed by atoms with E-state index in [-0.39, 0.29) is 11.6 Å². The van der Waals surface area contributed by atoms with Gasteiger partial charge in [-0.15, -0.1) is 0 Å². The summed E-state index contributed by atoms with van der Waals surface area (Å²) in [4.78, 5) is 18.3. The molecular weight excluding hydrogens is 475 g/mol. The van der Waals surface area contributed by atoms with E-state index in [1.165, 1.54) is 18.9 Å². The van der Waals surface area contributed by atoms with Crippen molar-refractivity contribution in [3.63, 3.8) is 0 Å². The van der Waals surface area contributed by atoms with Crippen LogP contribution in [0.4, 0.5) is 4.39 Å². The Morgan fingerprint density at radius 1 is 1.11 bits per heavy atom. The summed E-state index contributed by atoms with van der Waals surface area (Å²) in [5.41, 5.74) is 2.65. The summed E-state index contributed by atoms with van der Waals surface area (Å²) in [5.74, 6) is 1.85. The second kappa shape index (κ2) is 8.94. The minimum absolute atomic E-state index is 0.0379. The highest BCUT2D eigenvalue weighted by molar-refractivity contribution is 6.30. The highest BCUT2D eigenvalue weighted by atomic mass is 35.5. The zero-order valence-electron chi connectivity index (χ0n) is 20.1. The van der Waals surface area contributed by atoms with Gasteiger partial charge < -0.3 is 4.57 Å². The van der Waals surface area contributed by atoms with Crippen LogP contribution in [0.1, 0.15) is 62.7 Å². The third kappa shape index (κ3) is 3.94. The molecule has 36 heavy (non-hydrogen) atoms. The van der Waals surface area contributed by atoms with Crippen LogP contribution in [0.15, 0.2) is 42.7 Å². The maximum atomic E-state index is 15.1. The number of pyridine rings is 1. The van der Waals surface area contributed by atoms with Gasteiger partial charge in [0.15, 0.2) is 5.65 Å². The summed E-state index contributed by atoms with van der Waals surface area (Å²) in [6.45, 7) is 3.07. The van der Waals surface area contributed by atoms with Gasteiger partial charge in [-0.05, 0) is 49.7 Å². The van der Waals surface area contributed by atoms with Crippen LogP contribution in [0.3, 0.4) is 0 Å². The zero-order chi connectivity index (χ0) is 24.9. The first-order chi connectivity index (χ1) is 17.5. The van der Waals surface area contributed by atoms with E-state index in [4.69, 9.17) is 16.6 Å². The third-order valence-corrected chi connectivity index (χ3v) is 8.03. The molecule has 4 aromatic rings. The first kappa shape index (κ1) is 23.1. The smallest absolute Gasteiger partial charge is 0.234 e. The Hall–Kier alpha value is -3.37. The lowest BCUT2D eigenvalue weighted by molar-refractivity contribution is 0.264. The molecule has 2 saturated carbocycles. The lowest BCUT2D eigenvalue weighted by atomic mass is 9.83. The van der Waals surface area contributed by atoms with Gasteiger partial charge in [-0.3, -0.25) is 4.98 Å². The van der Waals surface area contributed by atoms with E-state index in [0.717, 1.165) is 49.5 Å². The number of rotatable bonds is 5. The third-order valence-electron chi connectivity index (χ3n) is 7.82. The molecule has 0 unspecified atom stereocenters. The van der Waals surface area contributed by atoms with Crippen LogP contribution in [0.5, 0.6) is 0 Å². The highest BCUT2D eigenvalue weighted by Gasteiger charge is 2.51. The van der Waals surface area contributed by atoms with Gasteiger partial charge in [0.1, 0.15) is 28.9 Å². The van der Waals surface area contributed by atoms with Crippen molar-refractivity contribution in [2.24, 2.45) is 11.8 Å². The molecule has 2 fully saturated rings. The summed E-state index contributed by atoms with van der Waals surface area (Å²) in [7, 11) is 0. The summed E-state index contributed by atoms with van der Waals surface area (Å²) in [5, 5.41) is 10.2. The number of halogens is 2. The number of fused-ring (bicyclic) bond motifs is 1. The molecular formula is C28H26ClFN6. The molecule has 0 spiro atoms. The Bertz CT molecular complexity index is 1490. The molecule has 0 bridgehead atoms. The van der Waals surface area contributed by atoms with Crippen LogP contribution in [0.25, 0.3) is 22.4 Å². The Labute approximate surface area is 214 Å². The van der Waals surface area contributed by atoms with E-state index < -0.39 is 5.41 Å². The van der Waals surface area contributed by atoms with E-state index >= 15 is 4.39 Å². The van der Waals surface area contributed by atoms with Gasteiger partial charge in [-0.25, -0.2) is 14.4 Å². The van der Waals surface area contributed by atoms with Crippen molar-refractivity contribution in [3.05, 3.63) is 70.8 Å². The number of nitrogens with zero attached hydrogens (tertiary/aromatic N) is 6. The zero-order valence-corrected chi connectivity index (χ0v) is 20.8. The Morgan fingerprint density at radius 3 is 2.58 bits per heavy atom. The van der Waals surface area contributed by atoms with Gasteiger partial charge in [0, 0.05) is 30.1 Å². The van der Waals surface area contributed by atoms with Gasteiger partial charge >= 0.3 is 0 Å². The first-order valence-electron chi connectivity index (χ1n) is 12.5. The van der Waals surface area contributed by atoms with Crippen LogP contribution in [-0.4, -0.2) is 24.5 Å². The summed E-state index contributed by atoms with van der Waals surface area (Å²) in [6.07, 6.45) is 9.56. The number of hydrogen-bond acceptors (Lipinski definition) is 5. The monoisotopic (exact) mass is 500 g/mol. The Kier molecular flexibility index (Phi) is 5.72. The van der Waals surface area contributed by atoms with Crippen molar-refractivity contribution >= 4 is 22.8 Å². The summed E-state index contributed by atoms with van der Waals surface area (Å²) < 4.78 is 17.3.